The van der Waals surface area contributed by atoms with Crippen molar-refractivity contribution in [2.45, 2.75) is 6.54 Å². The maximum Gasteiger partial charge on any atom is 0.277 e. The van der Waals surface area contributed by atoms with Gasteiger partial charge in [-0.25, -0.2) is 5.43 Å². The van der Waals surface area contributed by atoms with Gasteiger partial charge in [-0.1, -0.05) is 48.5 Å². The van der Waals surface area contributed by atoms with E-state index in [2.05, 4.69) is 80.3 Å². The van der Waals surface area contributed by atoms with Crippen molar-refractivity contribution in [3.8, 4) is 5.75 Å². The van der Waals surface area contributed by atoms with Crippen LogP contribution in [-0.4, -0.2) is 23.3 Å². The number of halogens is 1. The molecule has 3 aromatic carbocycles. The van der Waals surface area contributed by atoms with Crippen LogP contribution in [0.1, 0.15) is 11.1 Å². The minimum Gasteiger partial charge on any atom is -0.484 e. The zero-order valence-corrected chi connectivity index (χ0v) is 18.3. The highest BCUT2D eigenvalue weighted by atomic mass is 127. The van der Waals surface area contributed by atoms with Crippen LogP contribution in [0.25, 0.3) is 10.9 Å². The zero-order valence-electron chi connectivity index (χ0n) is 16.2. The summed E-state index contributed by atoms with van der Waals surface area (Å²) in [5, 5.41) is 5.20. The molecule has 0 atom stereocenters. The van der Waals surface area contributed by atoms with E-state index < -0.39 is 0 Å². The molecule has 4 rings (SSSR count). The third kappa shape index (κ3) is 5.07. The third-order valence-corrected chi connectivity index (χ3v) is 5.31. The minimum atomic E-state index is -0.308. The average Bonchev–Trinajstić information content (AvgIpc) is 3.12. The van der Waals surface area contributed by atoms with Gasteiger partial charge in [-0.05, 0) is 58.5 Å². The van der Waals surface area contributed by atoms with E-state index in [-0.39, 0.29) is 12.5 Å². The molecule has 0 bridgehead atoms. The molecule has 0 aliphatic heterocycles. The lowest BCUT2D eigenvalue weighted by atomic mass is 10.2. The standard InChI is InChI=1S/C24H20IN3O2/c25-20-12-10-18(11-13-20)15-28-16-19(22-8-4-5-9-23(22)28)14-26-27-24(29)17-30-21-6-2-1-3-7-21/h1-14,16H,15,17H2,(H,27,29)/b26-14-. The van der Waals surface area contributed by atoms with Gasteiger partial charge in [-0.2, -0.15) is 5.10 Å². The highest BCUT2D eigenvalue weighted by molar-refractivity contribution is 14.1. The van der Waals surface area contributed by atoms with Gasteiger partial charge in [0, 0.05) is 32.8 Å². The van der Waals surface area contributed by atoms with Crippen molar-refractivity contribution < 1.29 is 9.53 Å². The monoisotopic (exact) mass is 509 g/mol. The van der Waals surface area contributed by atoms with Crippen molar-refractivity contribution in [3.63, 3.8) is 0 Å². The molecule has 0 saturated heterocycles. The molecule has 0 fully saturated rings. The summed E-state index contributed by atoms with van der Waals surface area (Å²) >= 11 is 2.31. The molecule has 1 heterocycles. The van der Waals surface area contributed by atoms with E-state index in [1.54, 1.807) is 18.3 Å². The van der Waals surface area contributed by atoms with Crippen molar-refractivity contribution in [1.29, 1.82) is 0 Å². The second-order valence-electron chi connectivity index (χ2n) is 6.75. The summed E-state index contributed by atoms with van der Waals surface area (Å²) in [6.45, 7) is 0.679. The highest BCUT2D eigenvalue weighted by Crippen LogP contribution is 2.21. The fourth-order valence-corrected chi connectivity index (χ4v) is 3.53. The second-order valence-corrected chi connectivity index (χ2v) is 8.00. The number of carbonyl (C=O) groups is 1. The van der Waals surface area contributed by atoms with Crippen molar-refractivity contribution in [1.82, 2.24) is 9.99 Å². The lowest BCUT2D eigenvalue weighted by Crippen LogP contribution is -2.24. The number of hydrogen-bond acceptors (Lipinski definition) is 3. The Labute approximate surface area is 188 Å². The Bertz CT molecular complexity index is 1170. The first-order chi connectivity index (χ1) is 14.7. The van der Waals surface area contributed by atoms with Crippen LogP contribution in [0, 0.1) is 3.57 Å². The summed E-state index contributed by atoms with van der Waals surface area (Å²) in [6.07, 6.45) is 3.73. The molecule has 0 unspecified atom stereocenters. The van der Waals surface area contributed by atoms with Crippen LogP contribution in [-0.2, 0) is 11.3 Å². The molecular weight excluding hydrogens is 489 g/mol. The lowest BCUT2D eigenvalue weighted by molar-refractivity contribution is -0.123. The second kappa shape index (κ2) is 9.58. The van der Waals surface area contributed by atoms with Gasteiger partial charge in [0.25, 0.3) is 5.91 Å². The van der Waals surface area contributed by atoms with Gasteiger partial charge in [0.2, 0.25) is 0 Å². The van der Waals surface area contributed by atoms with Gasteiger partial charge in [0.1, 0.15) is 5.75 Å². The number of ether oxygens (including phenoxy) is 1. The lowest BCUT2D eigenvalue weighted by Gasteiger charge is -2.05. The molecular formula is C24H20IN3O2. The molecule has 0 aliphatic carbocycles. The highest BCUT2D eigenvalue weighted by Gasteiger charge is 2.08. The predicted octanol–water partition coefficient (Wildman–Crippen LogP) is 4.82. The van der Waals surface area contributed by atoms with Crippen LogP contribution < -0.4 is 10.2 Å². The number of hydrogen-bond donors (Lipinski definition) is 1. The van der Waals surface area contributed by atoms with Crippen molar-refractivity contribution >= 4 is 45.6 Å². The summed E-state index contributed by atoms with van der Waals surface area (Å²) in [5.74, 6) is 0.341. The van der Waals surface area contributed by atoms with Crippen LogP contribution in [0.15, 0.2) is 90.2 Å². The van der Waals surface area contributed by atoms with Crippen molar-refractivity contribution in [2.75, 3.05) is 6.61 Å². The summed E-state index contributed by atoms with van der Waals surface area (Å²) in [4.78, 5) is 12.0. The van der Waals surface area contributed by atoms with E-state index in [1.807, 2.05) is 30.3 Å². The summed E-state index contributed by atoms with van der Waals surface area (Å²) < 4.78 is 8.84. The van der Waals surface area contributed by atoms with E-state index in [4.69, 9.17) is 4.74 Å². The summed E-state index contributed by atoms with van der Waals surface area (Å²) in [5.41, 5.74) is 5.82. The molecule has 6 heteroatoms. The molecule has 0 saturated carbocycles. The molecule has 1 aromatic heterocycles. The number of carbonyl (C=O) groups excluding carboxylic acids is 1. The average molecular weight is 509 g/mol. The van der Waals surface area contributed by atoms with E-state index >= 15 is 0 Å². The van der Waals surface area contributed by atoms with Crippen LogP contribution >= 0.6 is 22.6 Å². The van der Waals surface area contributed by atoms with Crippen LogP contribution in [0.5, 0.6) is 5.75 Å². The Hall–Kier alpha value is -3.13. The molecule has 30 heavy (non-hydrogen) atoms. The molecule has 1 amide bonds. The Morgan fingerprint density at radius 2 is 1.73 bits per heavy atom. The Balaban J connectivity index is 1.44. The number of nitrogens with one attached hydrogen (secondary N) is 1. The number of para-hydroxylation sites is 2. The Morgan fingerprint density at radius 3 is 2.53 bits per heavy atom. The topological polar surface area (TPSA) is 55.6 Å². The summed E-state index contributed by atoms with van der Waals surface area (Å²) in [6, 6.07) is 25.9. The SMILES string of the molecule is O=C(COc1ccccc1)N/N=C\c1cn(Cc2ccc(I)cc2)c2ccccc12. The number of rotatable bonds is 7. The Morgan fingerprint density at radius 1 is 1.00 bits per heavy atom. The van der Waals surface area contributed by atoms with Crippen LogP contribution in [0.4, 0.5) is 0 Å². The van der Waals surface area contributed by atoms with Gasteiger partial charge in [0.05, 0.1) is 6.21 Å². The smallest absolute Gasteiger partial charge is 0.277 e. The molecule has 4 aromatic rings. The van der Waals surface area contributed by atoms with E-state index in [0.29, 0.717) is 5.75 Å². The molecule has 150 valence electrons. The molecule has 0 aliphatic rings. The fraction of sp³-hybridized carbons (Fsp3) is 0.0833. The molecule has 0 radical (unpaired) electrons. The molecule has 0 spiro atoms. The number of fused-ring (bicyclic) bond motifs is 1. The number of hydrazone groups is 1. The largest absolute Gasteiger partial charge is 0.484 e. The third-order valence-electron chi connectivity index (χ3n) is 4.59. The van der Waals surface area contributed by atoms with Gasteiger partial charge in [-0.3, -0.25) is 4.79 Å². The van der Waals surface area contributed by atoms with E-state index in [9.17, 15) is 4.79 Å². The van der Waals surface area contributed by atoms with Gasteiger partial charge >= 0.3 is 0 Å². The number of amides is 1. The number of benzene rings is 3. The maximum absolute atomic E-state index is 12.0. The van der Waals surface area contributed by atoms with Crippen LogP contribution in [0.2, 0.25) is 0 Å². The normalized spacial score (nSPS) is 11.1. The first-order valence-corrected chi connectivity index (χ1v) is 10.6. The van der Waals surface area contributed by atoms with Gasteiger partial charge < -0.3 is 9.30 Å². The first-order valence-electron chi connectivity index (χ1n) is 9.51. The molecule has 1 N–H and O–H groups in total. The minimum absolute atomic E-state index is 0.0874. The van der Waals surface area contributed by atoms with E-state index in [1.165, 1.54) is 9.13 Å². The van der Waals surface area contributed by atoms with Crippen molar-refractivity contribution in [3.05, 3.63) is 99.8 Å². The quantitative estimate of drug-likeness (QED) is 0.221. The number of aromatic nitrogens is 1. The fourth-order valence-electron chi connectivity index (χ4n) is 3.17. The Kier molecular flexibility index (Phi) is 6.44. The predicted molar refractivity (Wildman–Crippen MR) is 128 cm³/mol. The number of nitrogens with zero attached hydrogens (tertiary/aromatic N) is 2. The summed E-state index contributed by atoms with van der Waals surface area (Å²) in [7, 11) is 0. The first kappa shape index (κ1) is 20.2. The van der Waals surface area contributed by atoms with Gasteiger partial charge in [-0.15, -0.1) is 0 Å². The zero-order chi connectivity index (χ0) is 20.8. The van der Waals surface area contributed by atoms with Crippen LogP contribution in [0.3, 0.4) is 0 Å². The van der Waals surface area contributed by atoms with Gasteiger partial charge in [0.15, 0.2) is 6.61 Å². The maximum atomic E-state index is 12.0. The molecule has 5 nitrogen and oxygen atoms in total. The van der Waals surface area contributed by atoms with Crippen molar-refractivity contribution in [2.24, 2.45) is 5.10 Å². The van der Waals surface area contributed by atoms with E-state index in [0.717, 1.165) is 23.0 Å².